The third-order valence-corrected chi connectivity index (χ3v) is 4.30. The summed E-state index contributed by atoms with van der Waals surface area (Å²) >= 11 is 17.4. The van der Waals surface area contributed by atoms with Crippen molar-refractivity contribution in [3.8, 4) is 5.75 Å². The van der Waals surface area contributed by atoms with Crippen LogP contribution in [0.3, 0.4) is 0 Å². The molecule has 0 aliphatic carbocycles. The van der Waals surface area contributed by atoms with Gasteiger partial charge >= 0.3 is 12.1 Å². The molecule has 0 heterocycles. The predicted octanol–water partition coefficient (Wildman–Crippen LogP) is 5.61. The van der Waals surface area contributed by atoms with Crippen LogP contribution in [0, 0.1) is 0 Å². The Kier molecular flexibility index (Phi) is 7.62. The van der Waals surface area contributed by atoms with Gasteiger partial charge in [0.1, 0.15) is 5.75 Å². The Morgan fingerprint density at radius 2 is 1.79 bits per heavy atom. The number of hydrogen-bond acceptors (Lipinski definition) is 4. The fourth-order valence-corrected chi connectivity index (χ4v) is 2.80. The fraction of sp³-hybridized carbons (Fsp3) is 0.222. The van der Waals surface area contributed by atoms with Crippen LogP contribution in [0.25, 0.3) is 0 Å². The summed E-state index contributed by atoms with van der Waals surface area (Å²) in [4.78, 5) is 23.9. The molecule has 29 heavy (non-hydrogen) atoms. The quantitative estimate of drug-likeness (QED) is 0.557. The highest BCUT2D eigenvalue weighted by Gasteiger charge is 2.35. The summed E-state index contributed by atoms with van der Waals surface area (Å²) in [5, 5.41) is 2.22. The number of alkyl halides is 3. The molecule has 1 unspecified atom stereocenters. The van der Waals surface area contributed by atoms with Gasteiger partial charge in [-0.25, -0.2) is 4.79 Å². The van der Waals surface area contributed by atoms with Crippen molar-refractivity contribution in [3.63, 3.8) is 0 Å². The molecule has 0 saturated heterocycles. The second-order valence-electron chi connectivity index (χ2n) is 5.65. The molecule has 1 atom stereocenters. The highest BCUT2D eigenvalue weighted by molar-refractivity contribution is 6.35. The minimum absolute atomic E-state index is 0.160. The van der Waals surface area contributed by atoms with E-state index < -0.39 is 42.0 Å². The lowest BCUT2D eigenvalue weighted by molar-refractivity contribution is -0.153. The highest BCUT2D eigenvalue weighted by Crippen LogP contribution is 2.38. The first-order valence-corrected chi connectivity index (χ1v) is 9.06. The molecule has 1 N–H and O–H groups in total. The number of carbonyl (C=O) groups excluding carboxylic acids is 2. The van der Waals surface area contributed by atoms with E-state index in [1.54, 1.807) is 0 Å². The van der Waals surface area contributed by atoms with Crippen LogP contribution in [0.4, 0.5) is 18.9 Å². The monoisotopic (exact) mass is 469 g/mol. The Hall–Kier alpha value is -2.16. The molecule has 11 heteroatoms. The van der Waals surface area contributed by atoms with Crippen molar-refractivity contribution in [1.29, 1.82) is 0 Å². The summed E-state index contributed by atoms with van der Waals surface area (Å²) in [6, 6.07) is 7.39. The van der Waals surface area contributed by atoms with E-state index in [2.05, 4.69) is 0 Å². The Labute approximate surface area is 178 Å². The van der Waals surface area contributed by atoms with Gasteiger partial charge in [-0.1, -0.05) is 40.9 Å². The van der Waals surface area contributed by atoms with E-state index in [4.69, 9.17) is 44.3 Å². The summed E-state index contributed by atoms with van der Waals surface area (Å²) in [5.41, 5.74) is -1.75. The molecular formula is C18H13Cl3F3NO4. The maximum Gasteiger partial charge on any atom is 0.418 e. The third-order valence-electron chi connectivity index (χ3n) is 3.46. The molecule has 2 aromatic carbocycles. The van der Waals surface area contributed by atoms with Crippen LogP contribution in [-0.2, 0) is 20.5 Å². The highest BCUT2D eigenvalue weighted by atomic mass is 35.5. The minimum Gasteiger partial charge on any atom is -0.477 e. The summed E-state index contributed by atoms with van der Waals surface area (Å²) in [7, 11) is 0. The molecule has 0 radical (unpaired) electrons. The molecule has 0 spiro atoms. The largest absolute Gasteiger partial charge is 0.477 e. The lowest BCUT2D eigenvalue weighted by Crippen LogP contribution is -2.30. The fourth-order valence-electron chi connectivity index (χ4n) is 2.13. The van der Waals surface area contributed by atoms with Gasteiger partial charge in [-0.2, -0.15) is 13.2 Å². The number of para-hydroxylation sites is 1. The molecule has 0 fully saturated rings. The zero-order valence-corrected chi connectivity index (χ0v) is 16.9. The normalized spacial score (nSPS) is 12.2. The standard InChI is InChI=1S/C18H13Cl3F3NO4/c1-9(29-14-6-5-10(19)7-13(14)21)17(27)28-8-15(26)25-16-11(18(22,23)24)3-2-4-12(16)20/h2-7,9H,8H2,1H3,(H,25,26). The van der Waals surface area contributed by atoms with Crippen LogP contribution in [-0.4, -0.2) is 24.6 Å². The molecule has 2 aromatic rings. The molecule has 0 aliphatic heterocycles. The van der Waals surface area contributed by atoms with Gasteiger partial charge in [0.2, 0.25) is 0 Å². The first-order valence-electron chi connectivity index (χ1n) is 7.93. The maximum absolute atomic E-state index is 13.0. The van der Waals surface area contributed by atoms with Gasteiger partial charge in [0.05, 0.1) is 21.3 Å². The number of hydrogen-bond donors (Lipinski definition) is 1. The Morgan fingerprint density at radius 3 is 2.41 bits per heavy atom. The van der Waals surface area contributed by atoms with Crippen molar-refractivity contribution in [3.05, 3.63) is 57.0 Å². The van der Waals surface area contributed by atoms with Crippen molar-refractivity contribution < 1.29 is 32.2 Å². The number of ether oxygens (including phenoxy) is 2. The van der Waals surface area contributed by atoms with E-state index in [-0.39, 0.29) is 15.8 Å². The van der Waals surface area contributed by atoms with Crippen LogP contribution in [0.15, 0.2) is 36.4 Å². The smallest absolute Gasteiger partial charge is 0.418 e. The number of amides is 1. The summed E-state index contributed by atoms with van der Waals surface area (Å²) < 4.78 is 49.2. The number of anilines is 1. The van der Waals surface area contributed by atoms with Crippen LogP contribution in [0.5, 0.6) is 5.75 Å². The lowest BCUT2D eigenvalue weighted by atomic mass is 10.1. The van der Waals surface area contributed by atoms with Crippen molar-refractivity contribution in [2.24, 2.45) is 0 Å². The van der Waals surface area contributed by atoms with Gasteiger partial charge in [0, 0.05) is 5.02 Å². The lowest BCUT2D eigenvalue weighted by Gasteiger charge is -2.16. The SMILES string of the molecule is CC(Oc1ccc(Cl)cc1Cl)C(=O)OCC(=O)Nc1c(Cl)cccc1C(F)(F)F. The molecule has 0 aromatic heterocycles. The van der Waals surface area contributed by atoms with E-state index in [9.17, 15) is 22.8 Å². The van der Waals surface area contributed by atoms with Crippen LogP contribution >= 0.6 is 34.8 Å². The second kappa shape index (κ2) is 9.56. The summed E-state index contributed by atoms with van der Waals surface area (Å²) in [6.45, 7) is 0.504. The third kappa shape index (κ3) is 6.42. The maximum atomic E-state index is 13.0. The van der Waals surface area contributed by atoms with Crippen molar-refractivity contribution in [1.82, 2.24) is 0 Å². The topological polar surface area (TPSA) is 64.6 Å². The van der Waals surface area contributed by atoms with Crippen molar-refractivity contribution >= 4 is 52.4 Å². The number of halogens is 6. The molecular weight excluding hydrogens is 458 g/mol. The van der Waals surface area contributed by atoms with Gasteiger partial charge < -0.3 is 14.8 Å². The van der Waals surface area contributed by atoms with Gasteiger partial charge in [0.15, 0.2) is 12.7 Å². The minimum atomic E-state index is -4.73. The number of rotatable bonds is 6. The average Bonchev–Trinajstić information content (AvgIpc) is 2.62. The first-order chi connectivity index (χ1) is 13.5. The van der Waals surface area contributed by atoms with Crippen LogP contribution in [0.2, 0.25) is 15.1 Å². The molecule has 0 bridgehead atoms. The molecule has 156 valence electrons. The molecule has 0 saturated carbocycles. The predicted molar refractivity (Wildman–Crippen MR) is 103 cm³/mol. The van der Waals surface area contributed by atoms with Crippen molar-refractivity contribution in [2.45, 2.75) is 19.2 Å². The number of esters is 1. The number of benzene rings is 2. The Balaban J connectivity index is 1.96. The Bertz CT molecular complexity index is 922. The molecule has 2 rings (SSSR count). The Morgan fingerprint density at radius 1 is 1.10 bits per heavy atom. The second-order valence-corrected chi connectivity index (χ2v) is 6.90. The van der Waals surface area contributed by atoms with E-state index in [1.807, 2.05) is 5.32 Å². The summed E-state index contributed by atoms with van der Waals surface area (Å²) in [6.07, 6.45) is -5.88. The number of nitrogens with one attached hydrogen (secondary N) is 1. The van der Waals surface area contributed by atoms with Gasteiger partial charge in [0.25, 0.3) is 5.91 Å². The average molecular weight is 471 g/mol. The van der Waals surface area contributed by atoms with E-state index in [1.165, 1.54) is 31.2 Å². The zero-order valence-electron chi connectivity index (χ0n) is 14.6. The van der Waals surface area contributed by atoms with Gasteiger partial charge in [-0.05, 0) is 37.3 Å². The molecule has 0 aliphatic rings. The first kappa shape index (κ1) is 23.1. The van der Waals surface area contributed by atoms with Gasteiger partial charge in [-0.3, -0.25) is 4.79 Å². The molecule has 1 amide bonds. The van der Waals surface area contributed by atoms with E-state index in [0.29, 0.717) is 5.02 Å². The van der Waals surface area contributed by atoms with Crippen LogP contribution < -0.4 is 10.1 Å². The van der Waals surface area contributed by atoms with Crippen molar-refractivity contribution in [2.75, 3.05) is 11.9 Å². The van der Waals surface area contributed by atoms with Crippen LogP contribution in [0.1, 0.15) is 12.5 Å². The van der Waals surface area contributed by atoms with E-state index in [0.717, 1.165) is 12.1 Å². The zero-order chi connectivity index (χ0) is 21.8. The molecule has 5 nitrogen and oxygen atoms in total. The van der Waals surface area contributed by atoms with Gasteiger partial charge in [-0.15, -0.1) is 0 Å². The summed E-state index contributed by atoms with van der Waals surface area (Å²) in [5.74, 6) is -1.77. The number of carbonyl (C=O) groups is 2. The van der Waals surface area contributed by atoms with E-state index >= 15 is 0 Å².